The van der Waals surface area contributed by atoms with Crippen LogP contribution in [0.4, 0.5) is 10.1 Å². The molecule has 1 nitrogen and oxygen atoms in total. The summed E-state index contributed by atoms with van der Waals surface area (Å²) in [5.74, 6) is -0.105. The van der Waals surface area contributed by atoms with Crippen molar-refractivity contribution in [3.63, 3.8) is 0 Å². The van der Waals surface area contributed by atoms with Crippen molar-refractivity contribution in [1.29, 1.82) is 0 Å². The highest BCUT2D eigenvalue weighted by atomic mass is 19.1. The van der Waals surface area contributed by atoms with E-state index in [9.17, 15) is 4.39 Å². The largest absolute Gasteiger partial charge is 0.383 e. The number of aryl methyl sites for hydroxylation is 1. The van der Waals surface area contributed by atoms with E-state index < -0.39 is 0 Å². The van der Waals surface area contributed by atoms with Crippen LogP contribution in [-0.2, 0) is 6.42 Å². The molecule has 2 heteroatoms. The van der Waals surface area contributed by atoms with E-state index in [2.05, 4.69) is 19.2 Å². The molecule has 0 heterocycles. The Balaban J connectivity index is 2.66. The summed E-state index contributed by atoms with van der Waals surface area (Å²) in [5.41, 5.74) is 1.66. The average Bonchev–Trinajstić information content (AvgIpc) is 2.18. The lowest BCUT2D eigenvalue weighted by molar-refractivity contribution is 0.611. The highest BCUT2D eigenvalue weighted by molar-refractivity contribution is 5.46. The van der Waals surface area contributed by atoms with Gasteiger partial charge < -0.3 is 5.32 Å². The van der Waals surface area contributed by atoms with Gasteiger partial charge in [-0.15, -0.1) is 0 Å². The first-order chi connectivity index (χ1) is 7.17. The molecule has 1 unspecified atom stereocenters. The Morgan fingerprint density at radius 1 is 1.33 bits per heavy atom. The zero-order valence-electron chi connectivity index (χ0n) is 9.81. The van der Waals surface area contributed by atoms with Crippen molar-refractivity contribution in [3.8, 4) is 0 Å². The van der Waals surface area contributed by atoms with Crippen LogP contribution in [-0.4, -0.2) is 6.04 Å². The first kappa shape index (κ1) is 12.0. The molecule has 84 valence electrons. The van der Waals surface area contributed by atoms with Gasteiger partial charge in [0.1, 0.15) is 5.82 Å². The number of rotatable bonds is 5. The van der Waals surface area contributed by atoms with Gasteiger partial charge in [0.05, 0.1) is 0 Å². The Bertz CT molecular complexity index is 309. The number of hydrogen-bond acceptors (Lipinski definition) is 1. The summed E-state index contributed by atoms with van der Waals surface area (Å²) in [6.45, 7) is 6.24. The molecule has 1 N–H and O–H groups in total. The molecule has 1 rings (SSSR count). The Labute approximate surface area is 91.7 Å². The number of hydrogen-bond donors (Lipinski definition) is 1. The Morgan fingerprint density at radius 3 is 2.60 bits per heavy atom. The molecule has 0 aliphatic carbocycles. The van der Waals surface area contributed by atoms with E-state index in [1.165, 1.54) is 0 Å². The third kappa shape index (κ3) is 3.54. The molecule has 1 aromatic carbocycles. The summed E-state index contributed by atoms with van der Waals surface area (Å²) in [7, 11) is 0. The fourth-order valence-electron chi connectivity index (χ4n) is 1.71. The highest BCUT2D eigenvalue weighted by Crippen LogP contribution is 2.16. The Morgan fingerprint density at radius 2 is 2.07 bits per heavy atom. The molecular weight excluding hydrogens is 189 g/mol. The summed E-state index contributed by atoms with van der Waals surface area (Å²) >= 11 is 0. The van der Waals surface area contributed by atoms with Gasteiger partial charge in [0.15, 0.2) is 0 Å². The van der Waals surface area contributed by atoms with E-state index in [0.29, 0.717) is 6.04 Å². The monoisotopic (exact) mass is 209 g/mol. The maximum Gasteiger partial charge on any atom is 0.128 e. The predicted molar refractivity (Wildman–Crippen MR) is 63.8 cm³/mol. The Hall–Kier alpha value is -1.05. The van der Waals surface area contributed by atoms with Gasteiger partial charge in [0.25, 0.3) is 0 Å². The lowest BCUT2D eigenvalue weighted by Gasteiger charge is -2.14. The normalized spacial score (nSPS) is 12.5. The zero-order chi connectivity index (χ0) is 11.3. The topological polar surface area (TPSA) is 12.0 Å². The molecule has 1 atom stereocenters. The van der Waals surface area contributed by atoms with Crippen LogP contribution in [0.5, 0.6) is 0 Å². The maximum absolute atomic E-state index is 13.4. The maximum atomic E-state index is 13.4. The molecular formula is C13H20FN. The highest BCUT2D eigenvalue weighted by Gasteiger charge is 2.04. The SMILES string of the molecule is CCCC(C)Nc1ccc(CC)c(F)c1. The van der Waals surface area contributed by atoms with Gasteiger partial charge in [-0.1, -0.05) is 26.3 Å². The molecule has 15 heavy (non-hydrogen) atoms. The second kappa shape index (κ2) is 5.74. The van der Waals surface area contributed by atoms with E-state index in [4.69, 9.17) is 0 Å². The first-order valence-electron chi connectivity index (χ1n) is 5.72. The number of anilines is 1. The van der Waals surface area contributed by atoms with Gasteiger partial charge in [-0.05, 0) is 37.5 Å². The third-order valence-corrected chi connectivity index (χ3v) is 2.57. The second-order valence-corrected chi connectivity index (χ2v) is 3.99. The van der Waals surface area contributed by atoms with E-state index in [1.54, 1.807) is 6.07 Å². The second-order valence-electron chi connectivity index (χ2n) is 3.99. The van der Waals surface area contributed by atoms with Crippen molar-refractivity contribution in [3.05, 3.63) is 29.6 Å². The smallest absolute Gasteiger partial charge is 0.128 e. The van der Waals surface area contributed by atoms with Crippen LogP contribution in [0.1, 0.15) is 39.2 Å². The molecule has 0 radical (unpaired) electrons. The van der Waals surface area contributed by atoms with E-state index in [1.807, 2.05) is 19.1 Å². The third-order valence-electron chi connectivity index (χ3n) is 2.57. The van der Waals surface area contributed by atoms with Crippen molar-refractivity contribution in [2.75, 3.05) is 5.32 Å². The Kier molecular flexibility index (Phi) is 4.60. The van der Waals surface area contributed by atoms with Gasteiger partial charge in [-0.3, -0.25) is 0 Å². The zero-order valence-corrected chi connectivity index (χ0v) is 9.81. The number of halogens is 1. The van der Waals surface area contributed by atoms with Crippen molar-refractivity contribution in [1.82, 2.24) is 0 Å². The minimum absolute atomic E-state index is 0.105. The predicted octanol–water partition coefficient (Wildman–Crippen LogP) is 3.99. The summed E-state index contributed by atoms with van der Waals surface area (Å²) in [5, 5.41) is 3.29. The molecule has 1 aromatic rings. The standard InChI is InChI=1S/C13H20FN/c1-4-6-10(3)15-12-8-7-11(5-2)13(14)9-12/h7-10,15H,4-6H2,1-3H3. The summed E-state index contributed by atoms with van der Waals surface area (Å²) in [6.07, 6.45) is 3.00. The quantitative estimate of drug-likeness (QED) is 0.773. The van der Waals surface area contributed by atoms with Crippen molar-refractivity contribution in [2.24, 2.45) is 0 Å². The molecule has 0 fully saturated rings. The molecule has 0 aromatic heterocycles. The van der Waals surface area contributed by atoms with Crippen molar-refractivity contribution in [2.45, 2.75) is 46.1 Å². The van der Waals surface area contributed by atoms with Crippen LogP contribution in [0.25, 0.3) is 0 Å². The molecule has 0 aliphatic heterocycles. The van der Waals surface area contributed by atoms with Crippen LogP contribution >= 0.6 is 0 Å². The van der Waals surface area contributed by atoms with Crippen molar-refractivity contribution < 1.29 is 4.39 Å². The van der Waals surface area contributed by atoms with Crippen LogP contribution in [0, 0.1) is 5.82 Å². The van der Waals surface area contributed by atoms with Crippen LogP contribution in [0.3, 0.4) is 0 Å². The van der Waals surface area contributed by atoms with E-state index in [0.717, 1.165) is 30.5 Å². The fourth-order valence-corrected chi connectivity index (χ4v) is 1.71. The molecule has 0 saturated heterocycles. The fraction of sp³-hybridized carbons (Fsp3) is 0.538. The number of nitrogens with one attached hydrogen (secondary N) is 1. The minimum Gasteiger partial charge on any atom is -0.383 e. The summed E-state index contributed by atoms with van der Waals surface area (Å²) < 4.78 is 13.4. The lowest BCUT2D eigenvalue weighted by Crippen LogP contribution is -2.14. The lowest BCUT2D eigenvalue weighted by atomic mass is 10.1. The summed E-state index contributed by atoms with van der Waals surface area (Å²) in [4.78, 5) is 0. The van der Waals surface area contributed by atoms with Crippen LogP contribution in [0.15, 0.2) is 18.2 Å². The first-order valence-corrected chi connectivity index (χ1v) is 5.72. The van der Waals surface area contributed by atoms with E-state index >= 15 is 0 Å². The van der Waals surface area contributed by atoms with Crippen LogP contribution in [0.2, 0.25) is 0 Å². The van der Waals surface area contributed by atoms with Gasteiger partial charge in [0, 0.05) is 11.7 Å². The average molecular weight is 209 g/mol. The van der Waals surface area contributed by atoms with Gasteiger partial charge in [-0.2, -0.15) is 0 Å². The summed E-state index contributed by atoms with van der Waals surface area (Å²) in [6, 6.07) is 5.80. The van der Waals surface area contributed by atoms with Crippen LogP contribution < -0.4 is 5.32 Å². The minimum atomic E-state index is -0.105. The molecule has 0 bridgehead atoms. The van der Waals surface area contributed by atoms with Gasteiger partial charge in [0.2, 0.25) is 0 Å². The molecule has 0 spiro atoms. The van der Waals surface area contributed by atoms with E-state index in [-0.39, 0.29) is 5.82 Å². The molecule has 0 amide bonds. The van der Waals surface area contributed by atoms with Gasteiger partial charge in [-0.25, -0.2) is 4.39 Å². The molecule has 0 saturated carbocycles. The number of benzene rings is 1. The van der Waals surface area contributed by atoms with Crippen molar-refractivity contribution >= 4 is 5.69 Å². The van der Waals surface area contributed by atoms with Gasteiger partial charge >= 0.3 is 0 Å². The molecule has 0 aliphatic rings.